The van der Waals surface area contributed by atoms with Crippen molar-refractivity contribution in [2.24, 2.45) is 0 Å². The lowest BCUT2D eigenvalue weighted by atomic mass is 10.1. The van der Waals surface area contributed by atoms with Crippen LogP contribution in [0.1, 0.15) is 13.3 Å². The van der Waals surface area contributed by atoms with Gasteiger partial charge in [-0.05, 0) is 30.2 Å². The summed E-state index contributed by atoms with van der Waals surface area (Å²) in [6, 6.07) is 8.00. The summed E-state index contributed by atoms with van der Waals surface area (Å²) >= 11 is 0. The smallest absolute Gasteiger partial charge is 0.312 e. The average Bonchev–Trinajstić information content (AvgIpc) is 2.47. The van der Waals surface area contributed by atoms with Crippen molar-refractivity contribution in [3.05, 3.63) is 49.1 Å². The molecular weight excluding hydrogens is 240 g/mol. The van der Waals surface area contributed by atoms with E-state index in [0.717, 1.165) is 11.1 Å². The lowest BCUT2D eigenvalue weighted by Crippen LogP contribution is -2.34. The largest absolute Gasteiger partial charge is 0.466 e. The van der Waals surface area contributed by atoms with Crippen LogP contribution in [0.25, 0.3) is 11.1 Å². The number of nitrogens with zero attached hydrogens (tertiary/aromatic N) is 2. The number of pyridine rings is 2. The molecule has 0 saturated heterocycles. The van der Waals surface area contributed by atoms with Crippen LogP contribution in [0.5, 0.6) is 0 Å². The maximum absolute atomic E-state index is 11.3. The SMILES string of the molecule is CCOC(=O)CC[n+]1ccc(-c2ccncc2)cc1. The summed E-state index contributed by atoms with van der Waals surface area (Å²) in [6.07, 6.45) is 7.88. The summed E-state index contributed by atoms with van der Waals surface area (Å²) in [6.45, 7) is 2.88. The molecule has 4 heteroatoms. The van der Waals surface area contributed by atoms with E-state index >= 15 is 0 Å². The number of hydrogen-bond acceptors (Lipinski definition) is 3. The van der Waals surface area contributed by atoms with Crippen LogP contribution in [0.3, 0.4) is 0 Å². The average molecular weight is 257 g/mol. The summed E-state index contributed by atoms with van der Waals surface area (Å²) in [4.78, 5) is 15.3. The Morgan fingerprint density at radius 2 is 1.79 bits per heavy atom. The van der Waals surface area contributed by atoms with Gasteiger partial charge in [0.15, 0.2) is 18.9 Å². The molecule has 19 heavy (non-hydrogen) atoms. The van der Waals surface area contributed by atoms with Crippen LogP contribution in [-0.4, -0.2) is 17.6 Å². The molecule has 98 valence electrons. The van der Waals surface area contributed by atoms with Gasteiger partial charge in [0.2, 0.25) is 0 Å². The third-order valence-corrected chi connectivity index (χ3v) is 2.78. The van der Waals surface area contributed by atoms with Gasteiger partial charge in [-0.3, -0.25) is 9.78 Å². The number of aryl methyl sites for hydroxylation is 1. The zero-order valence-corrected chi connectivity index (χ0v) is 11.0. The summed E-state index contributed by atoms with van der Waals surface area (Å²) in [7, 11) is 0. The molecule has 0 atom stereocenters. The predicted molar refractivity (Wildman–Crippen MR) is 71.1 cm³/mol. The number of carbonyl (C=O) groups is 1. The van der Waals surface area contributed by atoms with Gasteiger partial charge in [-0.15, -0.1) is 0 Å². The van der Waals surface area contributed by atoms with Gasteiger partial charge < -0.3 is 4.74 Å². The van der Waals surface area contributed by atoms with Crippen LogP contribution in [0, 0.1) is 0 Å². The molecular formula is C15H17N2O2+. The Morgan fingerprint density at radius 3 is 2.42 bits per heavy atom. The van der Waals surface area contributed by atoms with Crippen molar-refractivity contribution < 1.29 is 14.1 Å². The fourth-order valence-electron chi connectivity index (χ4n) is 1.80. The monoisotopic (exact) mass is 257 g/mol. The molecule has 0 aliphatic heterocycles. The third kappa shape index (κ3) is 3.88. The molecule has 0 aliphatic carbocycles. The zero-order chi connectivity index (χ0) is 13.5. The highest BCUT2D eigenvalue weighted by molar-refractivity contribution is 5.69. The number of esters is 1. The van der Waals surface area contributed by atoms with Gasteiger partial charge in [0.05, 0.1) is 6.61 Å². The predicted octanol–water partition coefficient (Wildman–Crippen LogP) is 1.99. The summed E-state index contributed by atoms with van der Waals surface area (Å²) < 4.78 is 6.87. The third-order valence-electron chi connectivity index (χ3n) is 2.78. The van der Waals surface area contributed by atoms with Gasteiger partial charge in [-0.1, -0.05) is 0 Å². The van der Waals surface area contributed by atoms with Crippen molar-refractivity contribution in [2.75, 3.05) is 6.61 Å². The van der Waals surface area contributed by atoms with Crippen molar-refractivity contribution in [2.45, 2.75) is 19.9 Å². The highest BCUT2D eigenvalue weighted by atomic mass is 16.5. The second kappa shape index (κ2) is 6.64. The van der Waals surface area contributed by atoms with Crippen LogP contribution >= 0.6 is 0 Å². The van der Waals surface area contributed by atoms with E-state index in [1.807, 2.05) is 48.1 Å². The molecule has 2 rings (SSSR count). The molecule has 0 spiro atoms. The first-order chi connectivity index (χ1) is 9.29. The zero-order valence-electron chi connectivity index (χ0n) is 11.0. The number of carbonyl (C=O) groups excluding carboxylic acids is 1. The number of aromatic nitrogens is 2. The van der Waals surface area contributed by atoms with Crippen LogP contribution < -0.4 is 4.57 Å². The molecule has 4 nitrogen and oxygen atoms in total. The fourth-order valence-corrected chi connectivity index (χ4v) is 1.80. The lowest BCUT2D eigenvalue weighted by molar-refractivity contribution is -0.695. The van der Waals surface area contributed by atoms with Crippen LogP contribution in [-0.2, 0) is 16.1 Å². The van der Waals surface area contributed by atoms with Gasteiger partial charge in [-0.25, -0.2) is 4.57 Å². The Bertz CT molecular complexity index is 524. The van der Waals surface area contributed by atoms with E-state index in [1.165, 1.54) is 0 Å². The molecule has 2 aromatic rings. The Balaban J connectivity index is 1.97. The van der Waals surface area contributed by atoms with Crippen molar-refractivity contribution in [1.29, 1.82) is 0 Å². The molecule has 0 bridgehead atoms. The molecule has 0 N–H and O–H groups in total. The lowest BCUT2D eigenvalue weighted by Gasteiger charge is -2.01. The second-order valence-corrected chi connectivity index (χ2v) is 4.12. The maximum atomic E-state index is 11.3. The highest BCUT2D eigenvalue weighted by Crippen LogP contribution is 2.15. The number of ether oxygens (including phenoxy) is 1. The quantitative estimate of drug-likeness (QED) is 0.607. The molecule has 2 heterocycles. The Labute approximate surface area is 112 Å². The van der Waals surface area contributed by atoms with Crippen LogP contribution in [0.4, 0.5) is 0 Å². The molecule has 0 aromatic carbocycles. The minimum absolute atomic E-state index is 0.159. The summed E-state index contributed by atoms with van der Waals surface area (Å²) in [5, 5.41) is 0. The first-order valence-corrected chi connectivity index (χ1v) is 6.34. The van der Waals surface area contributed by atoms with Gasteiger partial charge in [0.1, 0.15) is 6.42 Å². The minimum atomic E-state index is -0.159. The Morgan fingerprint density at radius 1 is 1.16 bits per heavy atom. The highest BCUT2D eigenvalue weighted by Gasteiger charge is 2.07. The van der Waals surface area contributed by atoms with Gasteiger partial charge >= 0.3 is 5.97 Å². The number of hydrogen-bond donors (Lipinski definition) is 0. The van der Waals surface area contributed by atoms with Crippen molar-refractivity contribution in [3.63, 3.8) is 0 Å². The fraction of sp³-hybridized carbons (Fsp3) is 0.267. The molecule has 0 fully saturated rings. The minimum Gasteiger partial charge on any atom is -0.466 e. The van der Waals surface area contributed by atoms with E-state index in [9.17, 15) is 4.79 Å². The molecule has 2 aromatic heterocycles. The first-order valence-electron chi connectivity index (χ1n) is 6.34. The van der Waals surface area contributed by atoms with E-state index in [1.54, 1.807) is 12.4 Å². The summed E-state index contributed by atoms with van der Waals surface area (Å²) in [5.74, 6) is -0.159. The normalized spacial score (nSPS) is 10.2. The topological polar surface area (TPSA) is 43.1 Å². The molecule has 0 saturated carbocycles. The van der Waals surface area contributed by atoms with Crippen LogP contribution in [0.2, 0.25) is 0 Å². The maximum Gasteiger partial charge on any atom is 0.312 e. The van der Waals surface area contributed by atoms with Crippen molar-refractivity contribution in [1.82, 2.24) is 4.98 Å². The van der Waals surface area contributed by atoms with Crippen molar-refractivity contribution in [3.8, 4) is 11.1 Å². The van der Waals surface area contributed by atoms with E-state index < -0.39 is 0 Å². The molecule has 0 aliphatic rings. The molecule has 0 unspecified atom stereocenters. The number of rotatable bonds is 5. The standard InChI is InChI=1S/C15H17N2O2/c1-2-19-15(18)7-12-17-10-5-14(6-11-17)13-3-8-16-9-4-13/h3-6,8-11H,2,7,12H2,1H3/q+1. The molecule has 0 radical (unpaired) electrons. The van der Waals surface area contributed by atoms with E-state index in [0.29, 0.717) is 19.6 Å². The van der Waals surface area contributed by atoms with Gasteiger partial charge in [0, 0.05) is 24.5 Å². The Hall–Kier alpha value is -2.23. The van der Waals surface area contributed by atoms with Crippen molar-refractivity contribution >= 4 is 5.97 Å². The van der Waals surface area contributed by atoms with E-state index in [-0.39, 0.29) is 5.97 Å². The van der Waals surface area contributed by atoms with Gasteiger partial charge in [0.25, 0.3) is 0 Å². The van der Waals surface area contributed by atoms with Crippen LogP contribution in [0.15, 0.2) is 49.1 Å². The second-order valence-electron chi connectivity index (χ2n) is 4.12. The Kier molecular flexibility index (Phi) is 4.61. The first kappa shape index (κ1) is 13.2. The van der Waals surface area contributed by atoms with Gasteiger partial charge in [-0.2, -0.15) is 0 Å². The summed E-state index contributed by atoms with van der Waals surface area (Å²) in [5.41, 5.74) is 2.27. The molecule has 0 amide bonds. The van der Waals surface area contributed by atoms with E-state index in [4.69, 9.17) is 4.74 Å². The van der Waals surface area contributed by atoms with E-state index in [2.05, 4.69) is 4.98 Å².